The van der Waals surface area contributed by atoms with Gasteiger partial charge in [0.05, 0.1) is 18.7 Å². The number of aromatic nitrogens is 1. The van der Waals surface area contributed by atoms with Gasteiger partial charge in [0.15, 0.2) is 0 Å². The molecule has 2 amide bonds. The summed E-state index contributed by atoms with van der Waals surface area (Å²) in [6.07, 6.45) is 5.62. The van der Waals surface area contributed by atoms with Crippen molar-refractivity contribution in [2.45, 2.75) is 45.3 Å². The lowest BCUT2D eigenvalue weighted by Crippen LogP contribution is -2.40. The van der Waals surface area contributed by atoms with Gasteiger partial charge >= 0.3 is 0 Å². The molecule has 1 N–H and O–H groups in total. The number of pyridine rings is 1. The summed E-state index contributed by atoms with van der Waals surface area (Å²) in [5, 5.41) is 3.10. The maximum atomic E-state index is 13.1. The van der Waals surface area contributed by atoms with Gasteiger partial charge in [-0.05, 0) is 42.3 Å². The van der Waals surface area contributed by atoms with Crippen LogP contribution in [0.4, 0.5) is 0 Å². The summed E-state index contributed by atoms with van der Waals surface area (Å²) in [6, 6.07) is 8.95. The van der Waals surface area contributed by atoms with Gasteiger partial charge in [0.1, 0.15) is 17.6 Å². The Labute approximate surface area is 177 Å². The van der Waals surface area contributed by atoms with Gasteiger partial charge in [0, 0.05) is 45.2 Å². The molecule has 2 heterocycles. The van der Waals surface area contributed by atoms with Crippen molar-refractivity contribution >= 4 is 11.8 Å². The molecule has 0 aliphatic carbocycles. The van der Waals surface area contributed by atoms with E-state index in [1.54, 1.807) is 44.6 Å². The van der Waals surface area contributed by atoms with E-state index in [-0.39, 0.29) is 24.0 Å². The predicted molar refractivity (Wildman–Crippen MR) is 114 cm³/mol. The van der Waals surface area contributed by atoms with E-state index in [0.29, 0.717) is 30.2 Å². The zero-order chi connectivity index (χ0) is 21.5. The Balaban J connectivity index is 1.76. The van der Waals surface area contributed by atoms with Gasteiger partial charge in [0.2, 0.25) is 5.91 Å². The number of carbonyl (C=O) groups excluding carboxylic acids is 2. The molecule has 0 spiro atoms. The van der Waals surface area contributed by atoms with Crippen LogP contribution in [0.25, 0.3) is 0 Å². The monoisotopic (exact) mass is 411 g/mol. The molecule has 7 nitrogen and oxygen atoms in total. The summed E-state index contributed by atoms with van der Waals surface area (Å²) in [5.41, 5.74) is 1.44. The second-order valence-electron chi connectivity index (χ2n) is 7.40. The Morgan fingerprint density at radius 3 is 2.50 bits per heavy atom. The minimum atomic E-state index is -0.214. The SMILES string of the molecule is CC[C@H](NC(=O)c1cc(OC)ccc1OC1CCN(C(C)=O)CC1)c1ccncc1. The molecule has 30 heavy (non-hydrogen) atoms. The molecule has 0 saturated carbocycles. The van der Waals surface area contributed by atoms with Crippen LogP contribution in [0.5, 0.6) is 11.5 Å². The minimum Gasteiger partial charge on any atom is -0.497 e. The summed E-state index contributed by atoms with van der Waals surface area (Å²) in [7, 11) is 1.57. The third-order valence-corrected chi connectivity index (χ3v) is 5.43. The number of rotatable bonds is 7. The molecule has 160 valence electrons. The topological polar surface area (TPSA) is 80.8 Å². The molecule has 3 rings (SSSR count). The van der Waals surface area contributed by atoms with Crippen LogP contribution >= 0.6 is 0 Å². The second kappa shape index (κ2) is 10.1. The molecule has 7 heteroatoms. The van der Waals surface area contributed by atoms with Crippen LogP contribution in [0.15, 0.2) is 42.7 Å². The zero-order valence-electron chi connectivity index (χ0n) is 17.8. The van der Waals surface area contributed by atoms with Crippen LogP contribution in [-0.2, 0) is 4.79 Å². The molecule has 1 atom stereocenters. The van der Waals surface area contributed by atoms with Gasteiger partial charge in [-0.3, -0.25) is 14.6 Å². The first-order valence-electron chi connectivity index (χ1n) is 10.3. The van der Waals surface area contributed by atoms with Crippen molar-refractivity contribution in [2.75, 3.05) is 20.2 Å². The van der Waals surface area contributed by atoms with Crippen molar-refractivity contribution in [1.82, 2.24) is 15.2 Å². The first-order chi connectivity index (χ1) is 14.5. The number of benzene rings is 1. The Kier molecular flexibility index (Phi) is 7.27. The van der Waals surface area contributed by atoms with E-state index in [1.165, 1.54) is 0 Å². The number of carbonyl (C=O) groups is 2. The zero-order valence-corrected chi connectivity index (χ0v) is 17.8. The molecule has 0 bridgehead atoms. The average molecular weight is 412 g/mol. The van der Waals surface area contributed by atoms with E-state index in [1.807, 2.05) is 24.0 Å². The van der Waals surface area contributed by atoms with Crippen LogP contribution in [0.1, 0.15) is 55.1 Å². The van der Waals surface area contributed by atoms with Crippen LogP contribution in [0.2, 0.25) is 0 Å². The molecule has 0 unspecified atom stereocenters. The van der Waals surface area contributed by atoms with E-state index in [4.69, 9.17) is 9.47 Å². The standard InChI is InChI=1S/C23H29N3O4/c1-4-21(17-7-11-24-12-8-17)25-23(28)20-15-19(29-3)5-6-22(20)30-18-9-13-26(14-10-18)16(2)27/h5-8,11-12,15,18,21H,4,9-10,13-14H2,1-3H3,(H,25,28)/t21-/m0/s1. The highest BCUT2D eigenvalue weighted by molar-refractivity contribution is 5.97. The maximum Gasteiger partial charge on any atom is 0.255 e. The maximum absolute atomic E-state index is 13.1. The molecular weight excluding hydrogens is 382 g/mol. The summed E-state index contributed by atoms with van der Waals surface area (Å²) in [6.45, 7) is 4.94. The third kappa shape index (κ3) is 5.28. The lowest BCUT2D eigenvalue weighted by Gasteiger charge is -2.32. The normalized spacial score (nSPS) is 15.4. The van der Waals surface area contributed by atoms with Crippen LogP contribution in [0, 0.1) is 0 Å². The molecule has 0 radical (unpaired) electrons. The quantitative estimate of drug-likeness (QED) is 0.756. The third-order valence-electron chi connectivity index (χ3n) is 5.43. The van der Waals surface area contributed by atoms with Crippen molar-refractivity contribution < 1.29 is 19.1 Å². The molecule has 1 aliphatic rings. The van der Waals surface area contributed by atoms with Crippen molar-refractivity contribution in [2.24, 2.45) is 0 Å². The molecule has 1 aromatic heterocycles. The number of methoxy groups -OCH3 is 1. The van der Waals surface area contributed by atoms with Crippen molar-refractivity contribution in [3.05, 3.63) is 53.9 Å². The van der Waals surface area contributed by atoms with E-state index < -0.39 is 0 Å². The first kappa shape index (κ1) is 21.6. The Hall–Kier alpha value is -3.09. The number of hydrogen-bond acceptors (Lipinski definition) is 5. The average Bonchev–Trinajstić information content (AvgIpc) is 2.78. The van der Waals surface area contributed by atoms with Gasteiger partial charge in [0.25, 0.3) is 5.91 Å². The van der Waals surface area contributed by atoms with Crippen LogP contribution in [0.3, 0.4) is 0 Å². The minimum absolute atomic E-state index is 0.0392. The van der Waals surface area contributed by atoms with Gasteiger partial charge < -0.3 is 19.7 Å². The van der Waals surface area contributed by atoms with E-state index in [0.717, 1.165) is 24.8 Å². The summed E-state index contributed by atoms with van der Waals surface area (Å²) >= 11 is 0. The first-order valence-corrected chi connectivity index (χ1v) is 10.3. The number of hydrogen-bond donors (Lipinski definition) is 1. The fourth-order valence-corrected chi connectivity index (χ4v) is 3.64. The van der Waals surface area contributed by atoms with Gasteiger partial charge in [-0.1, -0.05) is 6.92 Å². The Bertz CT molecular complexity index is 864. The van der Waals surface area contributed by atoms with Crippen molar-refractivity contribution in [3.8, 4) is 11.5 Å². The highest BCUT2D eigenvalue weighted by Crippen LogP contribution is 2.28. The number of nitrogens with one attached hydrogen (secondary N) is 1. The van der Waals surface area contributed by atoms with Crippen LogP contribution < -0.4 is 14.8 Å². The Morgan fingerprint density at radius 1 is 1.20 bits per heavy atom. The largest absolute Gasteiger partial charge is 0.497 e. The fraction of sp³-hybridized carbons (Fsp3) is 0.435. The lowest BCUT2D eigenvalue weighted by atomic mass is 10.0. The second-order valence-corrected chi connectivity index (χ2v) is 7.40. The molecule has 1 fully saturated rings. The highest BCUT2D eigenvalue weighted by atomic mass is 16.5. The van der Waals surface area contributed by atoms with Crippen LogP contribution in [-0.4, -0.2) is 48.0 Å². The van der Waals surface area contributed by atoms with Gasteiger partial charge in [-0.2, -0.15) is 0 Å². The number of ether oxygens (including phenoxy) is 2. The number of likely N-dealkylation sites (tertiary alicyclic amines) is 1. The Morgan fingerprint density at radius 2 is 1.90 bits per heavy atom. The molecule has 1 aromatic carbocycles. The lowest BCUT2D eigenvalue weighted by molar-refractivity contribution is -0.130. The smallest absolute Gasteiger partial charge is 0.255 e. The summed E-state index contributed by atoms with van der Waals surface area (Å²) in [5.74, 6) is 0.989. The van der Waals surface area contributed by atoms with Crippen molar-refractivity contribution in [1.29, 1.82) is 0 Å². The molecular formula is C23H29N3O4. The van der Waals surface area contributed by atoms with Crippen molar-refractivity contribution in [3.63, 3.8) is 0 Å². The predicted octanol–water partition coefficient (Wildman–Crippen LogP) is 3.36. The highest BCUT2D eigenvalue weighted by Gasteiger charge is 2.25. The van der Waals surface area contributed by atoms with Gasteiger partial charge in [-0.15, -0.1) is 0 Å². The summed E-state index contributed by atoms with van der Waals surface area (Å²) < 4.78 is 11.5. The number of nitrogens with zero attached hydrogens (tertiary/aromatic N) is 2. The molecule has 1 saturated heterocycles. The number of amides is 2. The molecule has 2 aromatic rings. The van der Waals surface area contributed by atoms with E-state index in [9.17, 15) is 9.59 Å². The van der Waals surface area contributed by atoms with E-state index >= 15 is 0 Å². The fourth-order valence-electron chi connectivity index (χ4n) is 3.64. The van der Waals surface area contributed by atoms with Gasteiger partial charge in [-0.25, -0.2) is 0 Å². The molecule has 1 aliphatic heterocycles. The van der Waals surface area contributed by atoms with E-state index in [2.05, 4.69) is 10.3 Å². The summed E-state index contributed by atoms with van der Waals surface area (Å²) in [4.78, 5) is 30.5. The number of piperidine rings is 1.